The first-order valence-corrected chi connectivity index (χ1v) is 9.50. The zero-order chi connectivity index (χ0) is 18.3. The van der Waals surface area contributed by atoms with E-state index in [-0.39, 0.29) is 10.8 Å². The van der Waals surface area contributed by atoms with Gasteiger partial charge in [0, 0.05) is 19.2 Å². The van der Waals surface area contributed by atoms with Crippen molar-refractivity contribution in [3.8, 4) is 0 Å². The fourth-order valence-electron chi connectivity index (χ4n) is 2.28. The molecule has 0 saturated heterocycles. The molecular formula is C18H22N2O4S. The third kappa shape index (κ3) is 5.04. The van der Waals surface area contributed by atoms with Crippen LogP contribution in [0.5, 0.6) is 0 Å². The average Bonchev–Trinajstić information content (AvgIpc) is 3.13. The molecule has 1 aromatic heterocycles. The minimum absolute atomic E-state index is 0.246. The number of nitrogens with one attached hydrogen (secondary N) is 1. The highest BCUT2D eigenvalue weighted by Gasteiger charge is 2.20. The molecule has 6 nitrogen and oxygen atoms in total. The van der Waals surface area contributed by atoms with Crippen molar-refractivity contribution in [2.45, 2.75) is 25.3 Å². The lowest BCUT2D eigenvalue weighted by molar-refractivity contribution is -0.116. The van der Waals surface area contributed by atoms with Gasteiger partial charge in [-0.3, -0.25) is 4.79 Å². The molecule has 2 aromatic rings. The molecule has 0 unspecified atom stereocenters. The Morgan fingerprint density at radius 3 is 2.40 bits per heavy atom. The number of benzene rings is 1. The summed E-state index contributed by atoms with van der Waals surface area (Å²) in [7, 11) is -3.46. The van der Waals surface area contributed by atoms with E-state index in [4.69, 9.17) is 4.42 Å². The maximum Gasteiger partial charge on any atom is 0.244 e. The van der Waals surface area contributed by atoms with E-state index in [1.807, 2.05) is 0 Å². The third-order valence-corrected chi connectivity index (χ3v) is 5.73. The molecule has 0 atom stereocenters. The standard InChI is InChI=1S/C18H22N2O4S/c1-3-20(4-2)25(22,23)17-10-7-15(8-11-17)9-12-18(21)19-14-16-6-5-13-24-16/h5-13H,3-4,14H2,1-2H3,(H,19,21)/b12-9+. The van der Waals surface area contributed by atoms with Gasteiger partial charge in [-0.1, -0.05) is 26.0 Å². The monoisotopic (exact) mass is 362 g/mol. The van der Waals surface area contributed by atoms with Crippen LogP contribution in [0.4, 0.5) is 0 Å². The third-order valence-electron chi connectivity index (χ3n) is 3.67. The van der Waals surface area contributed by atoms with E-state index in [1.165, 1.54) is 10.4 Å². The van der Waals surface area contributed by atoms with Crippen molar-refractivity contribution in [2.24, 2.45) is 0 Å². The number of furan rings is 1. The number of amides is 1. The Morgan fingerprint density at radius 2 is 1.84 bits per heavy atom. The predicted octanol–water partition coefficient (Wildman–Crippen LogP) is 2.64. The molecule has 25 heavy (non-hydrogen) atoms. The zero-order valence-electron chi connectivity index (χ0n) is 14.3. The SMILES string of the molecule is CCN(CC)S(=O)(=O)c1ccc(/C=C/C(=O)NCc2ccco2)cc1. The van der Waals surface area contributed by atoms with Gasteiger partial charge in [0.2, 0.25) is 15.9 Å². The van der Waals surface area contributed by atoms with Crippen LogP contribution < -0.4 is 5.32 Å². The highest BCUT2D eigenvalue weighted by atomic mass is 32.2. The molecule has 0 aliphatic heterocycles. The van der Waals surface area contributed by atoms with Gasteiger partial charge in [-0.25, -0.2) is 8.42 Å². The molecule has 1 heterocycles. The summed E-state index contributed by atoms with van der Waals surface area (Å²) >= 11 is 0. The summed E-state index contributed by atoms with van der Waals surface area (Å²) in [5, 5.41) is 2.70. The Hall–Kier alpha value is -2.38. The van der Waals surface area contributed by atoms with Gasteiger partial charge < -0.3 is 9.73 Å². The topological polar surface area (TPSA) is 79.6 Å². The van der Waals surface area contributed by atoms with Crippen molar-refractivity contribution in [1.82, 2.24) is 9.62 Å². The summed E-state index contributed by atoms with van der Waals surface area (Å²) < 4.78 is 31.3. The van der Waals surface area contributed by atoms with Crippen molar-refractivity contribution in [3.05, 3.63) is 60.1 Å². The lowest BCUT2D eigenvalue weighted by Gasteiger charge is -2.18. The fourth-order valence-corrected chi connectivity index (χ4v) is 3.74. The minimum Gasteiger partial charge on any atom is -0.467 e. The Bertz CT molecular complexity index is 805. The van der Waals surface area contributed by atoms with E-state index in [9.17, 15) is 13.2 Å². The van der Waals surface area contributed by atoms with Crippen LogP contribution in [0.3, 0.4) is 0 Å². The maximum atomic E-state index is 12.4. The molecule has 1 amide bonds. The van der Waals surface area contributed by atoms with Crippen LogP contribution >= 0.6 is 0 Å². The molecule has 2 rings (SSSR count). The number of carbonyl (C=O) groups excluding carboxylic acids is 1. The molecule has 0 radical (unpaired) electrons. The highest BCUT2D eigenvalue weighted by Crippen LogP contribution is 2.16. The van der Waals surface area contributed by atoms with E-state index >= 15 is 0 Å². The first-order chi connectivity index (χ1) is 12.0. The molecule has 1 aromatic carbocycles. The number of rotatable bonds is 8. The fraction of sp³-hybridized carbons (Fsp3) is 0.278. The lowest BCUT2D eigenvalue weighted by atomic mass is 10.2. The minimum atomic E-state index is -3.46. The Kier molecular flexibility index (Phi) is 6.55. The molecule has 0 aliphatic rings. The second-order valence-corrected chi connectivity index (χ2v) is 7.23. The zero-order valence-corrected chi connectivity index (χ0v) is 15.1. The smallest absolute Gasteiger partial charge is 0.244 e. The number of hydrogen-bond donors (Lipinski definition) is 1. The molecule has 0 spiro atoms. The summed E-state index contributed by atoms with van der Waals surface area (Å²) in [5.41, 5.74) is 0.742. The van der Waals surface area contributed by atoms with Crippen molar-refractivity contribution < 1.29 is 17.6 Å². The molecule has 1 N–H and O–H groups in total. The predicted molar refractivity (Wildman–Crippen MR) is 96.1 cm³/mol. The normalized spacial score (nSPS) is 12.0. The van der Waals surface area contributed by atoms with Crippen molar-refractivity contribution in [2.75, 3.05) is 13.1 Å². The number of nitrogens with zero attached hydrogens (tertiary/aromatic N) is 1. The van der Waals surface area contributed by atoms with Crippen LogP contribution in [0, 0.1) is 0 Å². The average molecular weight is 362 g/mol. The number of carbonyl (C=O) groups is 1. The van der Waals surface area contributed by atoms with E-state index in [2.05, 4.69) is 5.32 Å². The molecule has 134 valence electrons. The summed E-state index contributed by atoms with van der Waals surface area (Å²) in [6.45, 7) is 4.78. The second-order valence-electron chi connectivity index (χ2n) is 5.29. The van der Waals surface area contributed by atoms with Crippen LogP contribution in [-0.4, -0.2) is 31.7 Å². The van der Waals surface area contributed by atoms with Crippen molar-refractivity contribution in [3.63, 3.8) is 0 Å². The van der Waals surface area contributed by atoms with E-state index in [0.29, 0.717) is 25.4 Å². The van der Waals surface area contributed by atoms with Gasteiger partial charge in [-0.15, -0.1) is 0 Å². The summed E-state index contributed by atoms with van der Waals surface area (Å²) in [6, 6.07) is 9.98. The maximum absolute atomic E-state index is 12.4. The summed E-state index contributed by atoms with van der Waals surface area (Å²) in [5.74, 6) is 0.420. The lowest BCUT2D eigenvalue weighted by Crippen LogP contribution is -2.30. The van der Waals surface area contributed by atoms with Crippen molar-refractivity contribution >= 4 is 22.0 Å². The first-order valence-electron chi connectivity index (χ1n) is 8.06. The van der Waals surface area contributed by atoms with Gasteiger partial charge in [0.05, 0.1) is 17.7 Å². The Labute approximate surface area is 148 Å². The van der Waals surface area contributed by atoms with Crippen LogP contribution in [-0.2, 0) is 21.4 Å². The molecular weight excluding hydrogens is 340 g/mol. The van der Waals surface area contributed by atoms with Gasteiger partial charge in [0.1, 0.15) is 5.76 Å². The van der Waals surface area contributed by atoms with Crippen LogP contribution in [0.1, 0.15) is 25.2 Å². The Morgan fingerprint density at radius 1 is 1.16 bits per heavy atom. The van der Waals surface area contributed by atoms with Crippen molar-refractivity contribution in [1.29, 1.82) is 0 Å². The largest absolute Gasteiger partial charge is 0.467 e. The first kappa shape index (κ1) is 19.0. The molecule has 0 fully saturated rings. The highest BCUT2D eigenvalue weighted by molar-refractivity contribution is 7.89. The van der Waals surface area contributed by atoms with Gasteiger partial charge in [0.15, 0.2) is 0 Å². The van der Waals surface area contributed by atoms with Gasteiger partial charge in [0.25, 0.3) is 0 Å². The van der Waals surface area contributed by atoms with Gasteiger partial charge in [-0.2, -0.15) is 4.31 Å². The molecule has 0 saturated carbocycles. The van der Waals surface area contributed by atoms with E-state index < -0.39 is 10.0 Å². The van der Waals surface area contributed by atoms with E-state index in [1.54, 1.807) is 62.6 Å². The summed E-state index contributed by atoms with van der Waals surface area (Å²) in [6.07, 6.45) is 4.58. The summed E-state index contributed by atoms with van der Waals surface area (Å²) in [4.78, 5) is 12.0. The quantitative estimate of drug-likeness (QED) is 0.732. The molecule has 0 aliphatic carbocycles. The van der Waals surface area contributed by atoms with Crippen LogP contribution in [0.2, 0.25) is 0 Å². The van der Waals surface area contributed by atoms with Crippen LogP contribution in [0.15, 0.2) is 58.1 Å². The number of sulfonamides is 1. The second kappa shape index (κ2) is 8.64. The van der Waals surface area contributed by atoms with E-state index in [0.717, 1.165) is 5.56 Å². The van der Waals surface area contributed by atoms with Gasteiger partial charge in [-0.05, 0) is 35.9 Å². The molecule has 7 heteroatoms. The van der Waals surface area contributed by atoms with Gasteiger partial charge >= 0.3 is 0 Å². The Balaban J connectivity index is 1.98. The number of hydrogen-bond acceptors (Lipinski definition) is 4. The molecule has 0 bridgehead atoms. The van der Waals surface area contributed by atoms with Crippen LogP contribution in [0.25, 0.3) is 6.08 Å².